The molecule has 9 rings (SSSR count). The van der Waals surface area contributed by atoms with Crippen LogP contribution in [0.5, 0.6) is 0 Å². The largest absolute Gasteiger partial charge is 0.500 e. The molecule has 0 amide bonds. The summed E-state index contributed by atoms with van der Waals surface area (Å²) in [4.78, 5) is 9.17. The van der Waals surface area contributed by atoms with Crippen molar-refractivity contribution in [2.75, 3.05) is 0 Å². The summed E-state index contributed by atoms with van der Waals surface area (Å²) in [7, 11) is -1.93. The van der Waals surface area contributed by atoms with Gasteiger partial charge in [-0.3, -0.25) is 4.39 Å². The summed E-state index contributed by atoms with van der Waals surface area (Å²) in [6.07, 6.45) is 0.312. The predicted octanol–water partition coefficient (Wildman–Crippen LogP) is 13.2. The Kier molecular flexibility index (Phi) is 9.84. The zero-order valence-electron chi connectivity index (χ0n) is 36.0. The molecule has 0 N–H and O–H groups in total. The Morgan fingerprint density at radius 3 is 2.27 bits per heavy atom. The number of hydrogen-bond acceptors (Lipinski definition) is 4. The van der Waals surface area contributed by atoms with Crippen LogP contribution in [0.1, 0.15) is 42.9 Å². The molecule has 0 unspecified atom stereocenters. The Balaban J connectivity index is 0.000000183. The number of nitrogens with zero attached hydrogens (tertiary/aromatic N) is 2. The number of aromatic nitrogens is 2. The third-order valence-corrected chi connectivity index (χ3v) is 12.4. The van der Waals surface area contributed by atoms with E-state index in [0.29, 0.717) is 49.9 Å². The third kappa shape index (κ3) is 8.33. The van der Waals surface area contributed by atoms with Crippen LogP contribution < -0.4 is 5.19 Å². The number of pyridine rings is 2. The molecule has 0 fully saturated rings. The number of thiophene rings is 1. The third-order valence-electron chi connectivity index (χ3n) is 9.29. The number of rotatable bonds is 6. The Morgan fingerprint density at radius 2 is 1.50 bits per heavy atom. The molecule has 4 aromatic heterocycles. The molecule has 7 heteroatoms. The van der Waals surface area contributed by atoms with E-state index in [2.05, 4.69) is 72.1 Å². The average molecular weight is 951 g/mol. The van der Waals surface area contributed by atoms with Gasteiger partial charge in [0.15, 0.2) is 0 Å². The van der Waals surface area contributed by atoms with E-state index in [1.54, 1.807) is 54.1 Å². The Bertz CT molecular complexity index is 3010. The molecule has 56 heavy (non-hydrogen) atoms. The summed E-state index contributed by atoms with van der Waals surface area (Å²) >= 11 is 1.76. The summed E-state index contributed by atoms with van der Waals surface area (Å²) in [5.41, 5.74) is 4.97. The van der Waals surface area contributed by atoms with Gasteiger partial charge in [0, 0.05) is 53.9 Å². The first-order valence-electron chi connectivity index (χ1n) is 20.3. The van der Waals surface area contributed by atoms with Crippen LogP contribution in [0.25, 0.3) is 64.6 Å². The zero-order chi connectivity index (χ0) is 41.9. The van der Waals surface area contributed by atoms with Gasteiger partial charge in [0.05, 0.1) is 13.7 Å². The molecular weight excluding hydrogens is 904 g/mol. The molecule has 0 bridgehead atoms. The summed E-state index contributed by atoms with van der Waals surface area (Å²) in [5, 5.41) is 4.47. The van der Waals surface area contributed by atoms with Crippen LogP contribution >= 0.6 is 11.3 Å². The van der Waals surface area contributed by atoms with Crippen LogP contribution in [-0.2, 0) is 32.9 Å². The maximum atomic E-state index is 14.8. The van der Waals surface area contributed by atoms with E-state index in [-0.39, 0.29) is 20.1 Å². The van der Waals surface area contributed by atoms with Crippen LogP contribution in [0.15, 0.2) is 132 Å². The Morgan fingerprint density at radius 1 is 0.768 bits per heavy atom. The molecule has 0 atom stereocenters. The minimum atomic E-state index is -1.93. The maximum absolute atomic E-state index is 14.8. The summed E-state index contributed by atoms with van der Waals surface area (Å²) in [6.45, 7) is 12.3. The molecule has 0 saturated carbocycles. The standard InChI is InChI=1S/C27H23FNOSi.C22H20NS.Ir/c1-31(2,3)25-17-29-23(16-19(25)15-18-9-5-4-6-10-18)20-13-14-22(28)26-21-11-7-8-12-24(21)30-27(20)26;1-22(2,3)14-15-10-11-23-19(12-15)16-8-9-21-18(13-16)17-6-4-5-7-20(17)24-21;/h4-12,14,16-17H,15H2,1-3H3;4-7,9-13H,14H2,1-3H3;/q2*-1;/i15D2;14D2;. The van der Waals surface area contributed by atoms with Crippen molar-refractivity contribution < 1.29 is 34.4 Å². The van der Waals surface area contributed by atoms with Gasteiger partial charge in [-0.15, -0.1) is 35.9 Å². The van der Waals surface area contributed by atoms with Crippen molar-refractivity contribution >= 4 is 66.7 Å². The van der Waals surface area contributed by atoms with Crippen LogP contribution in [0.3, 0.4) is 0 Å². The first-order valence-corrected chi connectivity index (χ1v) is 22.6. The van der Waals surface area contributed by atoms with E-state index in [9.17, 15) is 4.39 Å². The number of furan rings is 1. The van der Waals surface area contributed by atoms with Crippen molar-refractivity contribution in [1.82, 2.24) is 9.97 Å². The summed E-state index contributed by atoms with van der Waals surface area (Å²) < 4.78 is 58.4. The first kappa shape index (κ1) is 34.5. The second-order valence-electron chi connectivity index (χ2n) is 15.7. The molecule has 0 aliphatic carbocycles. The molecule has 283 valence electrons. The first-order chi connectivity index (χ1) is 27.9. The SMILES string of the molecule is [2H]C([2H])(c1ccccc1)c1cc(-c2[c-]cc(F)c3c2oc2ccccc23)ncc1[Si](C)(C)C.[2H]C([2H])(c1ccnc(-c2[c-]cc3sc4ccccc4c3c2)c1)C(C)(C)C.[Ir]. The van der Waals surface area contributed by atoms with Crippen LogP contribution in [0.4, 0.5) is 4.39 Å². The van der Waals surface area contributed by atoms with Crippen molar-refractivity contribution in [3.05, 3.63) is 162 Å². The topological polar surface area (TPSA) is 38.9 Å². The van der Waals surface area contributed by atoms with Gasteiger partial charge in [-0.1, -0.05) is 141 Å². The van der Waals surface area contributed by atoms with Crippen molar-refractivity contribution in [2.45, 2.75) is 53.2 Å². The smallest absolute Gasteiger partial charge is 0.121 e. The van der Waals surface area contributed by atoms with Gasteiger partial charge in [-0.05, 0) is 74.0 Å². The molecule has 9 aromatic rings. The molecule has 0 aliphatic rings. The van der Waals surface area contributed by atoms with Crippen LogP contribution in [0.2, 0.25) is 19.6 Å². The second kappa shape index (κ2) is 16.0. The fourth-order valence-electron chi connectivity index (χ4n) is 6.80. The van der Waals surface area contributed by atoms with Gasteiger partial charge in [0.1, 0.15) is 5.58 Å². The minimum Gasteiger partial charge on any atom is -0.500 e. The number of halogens is 1. The Labute approximate surface area is 352 Å². The van der Waals surface area contributed by atoms with E-state index in [4.69, 9.17) is 9.90 Å². The predicted molar refractivity (Wildman–Crippen MR) is 233 cm³/mol. The molecule has 0 spiro atoms. The molecule has 5 aromatic carbocycles. The molecule has 4 heterocycles. The number of fused-ring (bicyclic) bond motifs is 6. The second-order valence-corrected chi connectivity index (χ2v) is 21.8. The zero-order valence-corrected chi connectivity index (χ0v) is 36.3. The number of benzene rings is 5. The van der Waals surface area contributed by atoms with Crippen molar-refractivity contribution in [1.29, 1.82) is 0 Å². The maximum Gasteiger partial charge on any atom is 0.121 e. The summed E-state index contributed by atoms with van der Waals surface area (Å²) in [5.74, 6) is -0.405. The van der Waals surface area contributed by atoms with E-state index in [0.717, 1.165) is 16.4 Å². The minimum absolute atomic E-state index is 0. The van der Waals surface area contributed by atoms with Gasteiger partial charge in [-0.25, -0.2) is 0 Å². The summed E-state index contributed by atoms with van der Waals surface area (Å²) in [6, 6.07) is 42.1. The van der Waals surface area contributed by atoms with Crippen molar-refractivity contribution in [2.24, 2.45) is 5.41 Å². The normalized spacial score (nSPS) is 13.4. The van der Waals surface area contributed by atoms with E-state index >= 15 is 0 Å². The molecule has 1 radical (unpaired) electrons. The monoisotopic (exact) mass is 951 g/mol. The quantitative estimate of drug-likeness (QED) is 0.123. The van der Waals surface area contributed by atoms with E-state index < -0.39 is 32.1 Å². The van der Waals surface area contributed by atoms with Gasteiger partial charge in [-0.2, -0.15) is 11.3 Å². The van der Waals surface area contributed by atoms with Gasteiger partial charge >= 0.3 is 0 Å². The van der Waals surface area contributed by atoms with Gasteiger partial charge in [0.25, 0.3) is 0 Å². The van der Waals surface area contributed by atoms with Gasteiger partial charge in [0.2, 0.25) is 0 Å². The molecule has 0 aliphatic heterocycles. The fraction of sp³-hybridized carbons (Fsp3) is 0.184. The molecular formula is C49H43FIrN2OSSi-2. The number of hydrogen-bond donors (Lipinski definition) is 0. The van der Waals surface area contributed by atoms with Crippen molar-refractivity contribution in [3.63, 3.8) is 0 Å². The van der Waals surface area contributed by atoms with E-state index in [1.165, 1.54) is 26.2 Å². The number of para-hydroxylation sites is 1. The average Bonchev–Trinajstić information content (AvgIpc) is 3.80. The molecule has 3 nitrogen and oxygen atoms in total. The van der Waals surface area contributed by atoms with Gasteiger partial charge < -0.3 is 14.4 Å². The fourth-order valence-corrected chi connectivity index (χ4v) is 9.26. The van der Waals surface area contributed by atoms with E-state index in [1.807, 2.05) is 69.3 Å². The van der Waals surface area contributed by atoms with Crippen molar-refractivity contribution in [3.8, 4) is 22.5 Å². The van der Waals surface area contributed by atoms with Crippen LogP contribution in [-0.4, -0.2) is 18.0 Å². The molecule has 0 saturated heterocycles. The van der Waals surface area contributed by atoms with Crippen LogP contribution in [0, 0.1) is 23.4 Å². The Hall–Kier alpha value is -4.78.